The minimum atomic E-state index is -3.51. The number of rotatable bonds is 6. The van der Waals surface area contributed by atoms with Crippen molar-refractivity contribution in [2.45, 2.75) is 13.5 Å². The van der Waals surface area contributed by atoms with E-state index in [0.717, 1.165) is 27.9 Å². The van der Waals surface area contributed by atoms with Crippen LogP contribution < -0.4 is 4.72 Å². The van der Waals surface area contributed by atoms with E-state index in [4.69, 9.17) is 4.42 Å². The average molecular weight is 354 g/mol. The molecule has 0 aliphatic carbocycles. The molecule has 2 heterocycles. The molecule has 0 bridgehead atoms. The zero-order valence-electron chi connectivity index (χ0n) is 13.7. The lowest BCUT2D eigenvalue weighted by molar-refractivity contribution is 0.568. The van der Waals surface area contributed by atoms with Gasteiger partial charge in [-0.15, -0.1) is 0 Å². The number of aromatic nitrogens is 1. The highest BCUT2D eigenvalue weighted by molar-refractivity contribution is 7.92. The number of hydrogen-bond donors (Lipinski definition) is 1. The molecule has 25 heavy (non-hydrogen) atoms. The van der Waals surface area contributed by atoms with Crippen LogP contribution in [0.4, 0.5) is 0 Å². The number of nitrogens with zero attached hydrogens (tertiary/aromatic N) is 1. The van der Waals surface area contributed by atoms with Gasteiger partial charge in [0.2, 0.25) is 10.0 Å². The fraction of sp³-hybridized carbons (Fsp3) is 0.105. The minimum Gasteiger partial charge on any atom is -0.472 e. The van der Waals surface area contributed by atoms with Gasteiger partial charge in [-0.3, -0.25) is 4.98 Å². The van der Waals surface area contributed by atoms with Gasteiger partial charge in [0.15, 0.2) is 0 Å². The summed E-state index contributed by atoms with van der Waals surface area (Å²) in [6.07, 6.45) is 6.41. The molecule has 0 radical (unpaired) electrons. The Morgan fingerprint density at radius 2 is 1.92 bits per heavy atom. The zero-order valence-corrected chi connectivity index (χ0v) is 14.5. The van der Waals surface area contributed by atoms with Gasteiger partial charge in [0, 0.05) is 23.7 Å². The molecule has 0 saturated carbocycles. The lowest BCUT2D eigenvalue weighted by Gasteiger charge is -2.04. The maximum absolute atomic E-state index is 12.1. The molecule has 3 rings (SSSR count). The Hall–Kier alpha value is -2.70. The van der Waals surface area contributed by atoms with E-state index in [9.17, 15) is 8.42 Å². The Morgan fingerprint density at radius 1 is 1.12 bits per heavy atom. The first-order valence-corrected chi connectivity index (χ1v) is 9.28. The van der Waals surface area contributed by atoms with Gasteiger partial charge < -0.3 is 4.42 Å². The first kappa shape index (κ1) is 17.1. The summed E-state index contributed by atoms with van der Waals surface area (Å²) >= 11 is 0. The number of aryl methyl sites for hydroxylation is 1. The number of sulfonamides is 1. The molecule has 0 amide bonds. The van der Waals surface area contributed by atoms with Crippen molar-refractivity contribution in [2.24, 2.45) is 0 Å². The molecule has 0 aliphatic rings. The van der Waals surface area contributed by atoms with Crippen LogP contribution >= 0.6 is 0 Å². The van der Waals surface area contributed by atoms with Crippen molar-refractivity contribution in [3.05, 3.63) is 83.3 Å². The Morgan fingerprint density at radius 3 is 2.56 bits per heavy atom. The molecular formula is C19H18N2O3S. The lowest BCUT2D eigenvalue weighted by Crippen LogP contribution is -2.20. The molecule has 6 heteroatoms. The van der Waals surface area contributed by atoms with E-state index in [1.54, 1.807) is 24.8 Å². The van der Waals surface area contributed by atoms with E-state index in [0.29, 0.717) is 0 Å². The molecule has 0 aliphatic heterocycles. The van der Waals surface area contributed by atoms with Gasteiger partial charge in [0.1, 0.15) is 0 Å². The smallest absolute Gasteiger partial charge is 0.234 e. The maximum atomic E-state index is 12.1. The van der Waals surface area contributed by atoms with Crippen molar-refractivity contribution >= 4 is 16.1 Å². The third-order valence-electron chi connectivity index (χ3n) is 3.64. The first-order valence-electron chi connectivity index (χ1n) is 7.74. The SMILES string of the molecule is Cc1ccc(/C=C/S(=O)(=O)NCc2ccc(-c3ccoc3)nc2)cc1. The van der Waals surface area contributed by atoms with Crippen LogP contribution in [0, 0.1) is 6.92 Å². The molecule has 3 aromatic rings. The predicted octanol–water partition coefficient (Wildman–Crippen LogP) is 3.74. The summed E-state index contributed by atoms with van der Waals surface area (Å²) in [6, 6.07) is 13.1. The van der Waals surface area contributed by atoms with Gasteiger partial charge in [-0.2, -0.15) is 0 Å². The van der Waals surface area contributed by atoms with Crippen LogP contribution in [-0.4, -0.2) is 13.4 Å². The highest BCUT2D eigenvalue weighted by Gasteiger charge is 2.06. The average Bonchev–Trinajstić information content (AvgIpc) is 3.15. The zero-order chi connectivity index (χ0) is 17.7. The van der Waals surface area contributed by atoms with Crippen LogP contribution in [0.15, 0.2) is 71.0 Å². The molecule has 0 atom stereocenters. The summed E-state index contributed by atoms with van der Waals surface area (Å²) in [5, 5.41) is 1.17. The van der Waals surface area contributed by atoms with Crippen LogP contribution in [0.1, 0.15) is 16.7 Å². The van der Waals surface area contributed by atoms with Gasteiger partial charge in [0.05, 0.1) is 18.2 Å². The maximum Gasteiger partial charge on any atom is 0.234 e. The second-order valence-electron chi connectivity index (χ2n) is 5.64. The standard InChI is InChI=1S/C19H18N2O3S/c1-15-2-4-16(5-3-15)9-11-25(22,23)21-13-17-6-7-19(20-12-17)18-8-10-24-14-18/h2-12,14,21H,13H2,1H3/b11-9+. The predicted molar refractivity (Wildman–Crippen MR) is 97.9 cm³/mol. The monoisotopic (exact) mass is 354 g/mol. The van der Waals surface area contributed by atoms with E-state index in [1.165, 1.54) is 5.41 Å². The second-order valence-corrected chi connectivity index (χ2v) is 7.29. The highest BCUT2D eigenvalue weighted by atomic mass is 32.2. The van der Waals surface area contributed by atoms with Crippen LogP contribution in [0.5, 0.6) is 0 Å². The summed E-state index contributed by atoms with van der Waals surface area (Å²) < 4.78 is 31.7. The van der Waals surface area contributed by atoms with E-state index in [1.807, 2.05) is 49.4 Å². The van der Waals surface area contributed by atoms with Crippen LogP contribution in [0.2, 0.25) is 0 Å². The van der Waals surface area contributed by atoms with E-state index in [-0.39, 0.29) is 6.54 Å². The third-order valence-corrected chi connectivity index (χ3v) is 4.68. The Bertz CT molecular complexity index is 943. The summed E-state index contributed by atoms with van der Waals surface area (Å²) in [5.74, 6) is 0. The van der Waals surface area contributed by atoms with E-state index >= 15 is 0 Å². The highest BCUT2D eigenvalue weighted by Crippen LogP contribution is 2.17. The largest absolute Gasteiger partial charge is 0.472 e. The van der Waals surface area contributed by atoms with Crippen molar-refractivity contribution in [3.63, 3.8) is 0 Å². The summed E-state index contributed by atoms with van der Waals surface area (Å²) in [6.45, 7) is 2.16. The fourth-order valence-corrected chi connectivity index (χ4v) is 2.99. The van der Waals surface area contributed by atoms with E-state index in [2.05, 4.69) is 9.71 Å². The Balaban J connectivity index is 1.61. The Kier molecular flexibility index (Phi) is 5.11. The Labute approximate surface area is 147 Å². The van der Waals surface area contributed by atoms with Crippen molar-refractivity contribution in [1.82, 2.24) is 9.71 Å². The molecule has 1 aromatic carbocycles. The molecule has 0 fully saturated rings. The molecule has 0 spiro atoms. The summed E-state index contributed by atoms with van der Waals surface area (Å²) in [5.41, 5.74) is 4.40. The van der Waals surface area contributed by atoms with Crippen molar-refractivity contribution < 1.29 is 12.8 Å². The van der Waals surface area contributed by atoms with Crippen molar-refractivity contribution in [1.29, 1.82) is 0 Å². The van der Waals surface area contributed by atoms with Crippen molar-refractivity contribution in [3.8, 4) is 11.3 Å². The topological polar surface area (TPSA) is 72.2 Å². The third kappa shape index (κ3) is 4.89. The molecular weight excluding hydrogens is 336 g/mol. The molecule has 128 valence electrons. The van der Waals surface area contributed by atoms with Gasteiger partial charge >= 0.3 is 0 Å². The van der Waals surface area contributed by atoms with Gasteiger partial charge in [0.25, 0.3) is 0 Å². The number of nitrogens with one attached hydrogen (secondary N) is 1. The van der Waals surface area contributed by atoms with Gasteiger partial charge in [-0.1, -0.05) is 35.9 Å². The summed E-state index contributed by atoms with van der Waals surface area (Å²) in [4.78, 5) is 4.31. The van der Waals surface area contributed by atoms with Crippen LogP contribution in [0.25, 0.3) is 17.3 Å². The molecule has 2 aromatic heterocycles. The fourth-order valence-electron chi connectivity index (χ4n) is 2.19. The van der Waals surface area contributed by atoms with Gasteiger partial charge in [-0.25, -0.2) is 13.1 Å². The second kappa shape index (κ2) is 7.46. The van der Waals surface area contributed by atoms with E-state index < -0.39 is 10.0 Å². The molecule has 0 saturated heterocycles. The van der Waals surface area contributed by atoms with Crippen LogP contribution in [-0.2, 0) is 16.6 Å². The number of hydrogen-bond acceptors (Lipinski definition) is 4. The number of furan rings is 1. The first-order chi connectivity index (χ1) is 12.0. The van der Waals surface area contributed by atoms with Crippen molar-refractivity contribution in [2.75, 3.05) is 0 Å². The quantitative estimate of drug-likeness (QED) is 0.732. The molecule has 5 nitrogen and oxygen atoms in total. The lowest BCUT2D eigenvalue weighted by atomic mass is 10.2. The normalized spacial score (nSPS) is 11.9. The minimum absolute atomic E-state index is 0.180. The molecule has 1 N–H and O–H groups in total. The number of pyridine rings is 1. The van der Waals surface area contributed by atoms with Gasteiger partial charge in [-0.05, 0) is 36.3 Å². The molecule has 0 unspecified atom stereocenters. The number of benzene rings is 1. The summed E-state index contributed by atoms with van der Waals surface area (Å²) in [7, 11) is -3.51. The van der Waals surface area contributed by atoms with Crippen LogP contribution in [0.3, 0.4) is 0 Å².